The lowest BCUT2D eigenvalue weighted by atomic mass is 10.1. The molecule has 3 rings (SSSR count). The molecule has 0 aliphatic carbocycles. The SMILES string of the molecule is Cc1ccccc1CNC(=O)CCc1nn(C(C)C)c2c1COCC2. The fraction of sp³-hybridized carbons (Fsp3) is 0.500. The number of benzene rings is 1. The normalized spacial score (nSPS) is 13.8. The summed E-state index contributed by atoms with van der Waals surface area (Å²) in [6.07, 6.45) is 2.01. The maximum Gasteiger partial charge on any atom is 0.220 e. The smallest absolute Gasteiger partial charge is 0.220 e. The highest BCUT2D eigenvalue weighted by Crippen LogP contribution is 2.24. The molecule has 2 heterocycles. The number of nitrogens with one attached hydrogen (secondary N) is 1. The first-order chi connectivity index (χ1) is 12.1. The molecule has 0 bridgehead atoms. The minimum atomic E-state index is 0.0628. The van der Waals surface area contributed by atoms with Crippen molar-refractivity contribution < 1.29 is 9.53 Å². The van der Waals surface area contributed by atoms with E-state index in [0.717, 1.165) is 24.3 Å². The molecule has 1 amide bonds. The summed E-state index contributed by atoms with van der Waals surface area (Å²) in [6.45, 7) is 8.28. The molecule has 1 N–H and O–H groups in total. The molecule has 0 unspecified atom stereocenters. The summed E-state index contributed by atoms with van der Waals surface area (Å²) in [5, 5.41) is 7.77. The maximum atomic E-state index is 12.2. The number of amides is 1. The molecular formula is C20H27N3O2. The summed E-state index contributed by atoms with van der Waals surface area (Å²) in [5.74, 6) is 0.0628. The first-order valence-electron chi connectivity index (χ1n) is 9.04. The molecular weight excluding hydrogens is 314 g/mol. The van der Waals surface area contributed by atoms with Gasteiger partial charge in [0.2, 0.25) is 5.91 Å². The van der Waals surface area contributed by atoms with Gasteiger partial charge in [-0.3, -0.25) is 9.48 Å². The van der Waals surface area contributed by atoms with Crippen LogP contribution in [-0.2, 0) is 35.5 Å². The van der Waals surface area contributed by atoms with Crippen LogP contribution < -0.4 is 5.32 Å². The van der Waals surface area contributed by atoms with E-state index in [0.29, 0.717) is 32.0 Å². The van der Waals surface area contributed by atoms with E-state index in [1.165, 1.54) is 16.8 Å². The Labute approximate surface area is 149 Å². The molecule has 0 spiro atoms. The first kappa shape index (κ1) is 17.7. The number of fused-ring (bicyclic) bond motifs is 1. The molecule has 0 fully saturated rings. The zero-order chi connectivity index (χ0) is 17.8. The lowest BCUT2D eigenvalue weighted by Gasteiger charge is -2.16. The summed E-state index contributed by atoms with van der Waals surface area (Å²) in [6, 6.07) is 8.45. The lowest BCUT2D eigenvalue weighted by molar-refractivity contribution is -0.121. The molecule has 25 heavy (non-hydrogen) atoms. The standard InChI is InChI=1S/C20H27N3O2/c1-14(2)23-19-10-11-25-13-17(19)18(22-23)8-9-20(24)21-12-16-7-5-4-6-15(16)3/h4-7,14H,8-13H2,1-3H3,(H,21,24). The second kappa shape index (κ2) is 7.83. The molecule has 5 nitrogen and oxygen atoms in total. The minimum Gasteiger partial charge on any atom is -0.376 e. The van der Waals surface area contributed by atoms with E-state index in [1.807, 2.05) is 18.2 Å². The fourth-order valence-electron chi connectivity index (χ4n) is 3.28. The number of nitrogens with zero attached hydrogens (tertiary/aromatic N) is 2. The van der Waals surface area contributed by atoms with Crippen molar-refractivity contribution in [1.29, 1.82) is 0 Å². The predicted octanol–water partition coefficient (Wildman–Crippen LogP) is 3.09. The number of rotatable bonds is 6. The van der Waals surface area contributed by atoms with Crippen LogP contribution in [0.3, 0.4) is 0 Å². The molecule has 0 radical (unpaired) electrons. The Hall–Kier alpha value is -2.14. The first-order valence-corrected chi connectivity index (χ1v) is 9.04. The second-order valence-electron chi connectivity index (χ2n) is 6.92. The number of ether oxygens (including phenoxy) is 1. The molecule has 0 saturated carbocycles. The Bertz CT molecular complexity index is 749. The van der Waals surface area contributed by atoms with Crippen LogP contribution in [0, 0.1) is 6.92 Å². The van der Waals surface area contributed by atoms with Gasteiger partial charge in [0.15, 0.2) is 0 Å². The van der Waals surface area contributed by atoms with Crippen LogP contribution in [0.25, 0.3) is 0 Å². The lowest BCUT2D eigenvalue weighted by Crippen LogP contribution is -2.23. The van der Waals surface area contributed by atoms with Gasteiger partial charge in [-0.25, -0.2) is 0 Å². The van der Waals surface area contributed by atoms with Crippen molar-refractivity contribution in [3.63, 3.8) is 0 Å². The van der Waals surface area contributed by atoms with Crippen LogP contribution in [0.5, 0.6) is 0 Å². The molecule has 5 heteroatoms. The summed E-state index contributed by atoms with van der Waals surface area (Å²) >= 11 is 0. The Morgan fingerprint density at radius 3 is 2.92 bits per heavy atom. The quantitative estimate of drug-likeness (QED) is 0.878. The third-order valence-electron chi connectivity index (χ3n) is 4.75. The Morgan fingerprint density at radius 1 is 1.36 bits per heavy atom. The highest BCUT2D eigenvalue weighted by Gasteiger charge is 2.22. The van der Waals surface area contributed by atoms with Crippen molar-refractivity contribution in [2.24, 2.45) is 0 Å². The van der Waals surface area contributed by atoms with Crippen molar-refractivity contribution in [1.82, 2.24) is 15.1 Å². The van der Waals surface area contributed by atoms with E-state index in [4.69, 9.17) is 9.84 Å². The van der Waals surface area contributed by atoms with Crippen LogP contribution >= 0.6 is 0 Å². The van der Waals surface area contributed by atoms with Gasteiger partial charge >= 0.3 is 0 Å². The van der Waals surface area contributed by atoms with Crippen LogP contribution in [0.4, 0.5) is 0 Å². The van der Waals surface area contributed by atoms with Gasteiger partial charge in [-0.05, 0) is 31.9 Å². The number of hydrogen-bond acceptors (Lipinski definition) is 3. The molecule has 1 aliphatic heterocycles. The molecule has 0 atom stereocenters. The van der Waals surface area contributed by atoms with Gasteiger partial charge in [0, 0.05) is 43.1 Å². The van der Waals surface area contributed by atoms with Crippen molar-refractivity contribution in [3.8, 4) is 0 Å². The molecule has 134 valence electrons. The summed E-state index contributed by atoms with van der Waals surface area (Å²) in [5.41, 5.74) is 5.83. The van der Waals surface area contributed by atoms with Gasteiger partial charge in [-0.2, -0.15) is 5.10 Å². The highest BCUT2D eigenvalue weighted by molar-refractivity contribution is 5.76. The van der Waals surface area contributed by atoms with E-state index in [-0.39, 0.29) is 5.91 Å². The van der Waals surface area contributed by atoms with Crippen molar-refractivity contribution in [2.45, 2.75) is 59.2 Å². The van der Waals surface area contributed by atoms with Crippen LogP contribution in [0.2, 0.25) is 0 Å². The average molecular weight is 341 g/mol. The third kappa shape index (κ3) is 4.10. The largest absolute Gasteiger partial charge is 0.376 e. The maximum absolute atomic E-state index is 12.2. The molecule has 1 aromatic carbocycles. The van der Waals surface area contributed by atoms with Gasteiger partial charge in [-0.1, -0.05) is 24.3 Å². The zero-order valence-corrected chi connectivity index (χ0v) is 15.3. The topological polar surface area (TPSA) is 56.2 Å². The average Bonchev–Trinajstić information content (AvgIpc) is 2.98. The number of carbonyl (C=O) groups excluding carboxylic acids is 1. The van der Waals surface area contributed by atoms with Crippen LogP contribution in [0.15, 0.2) is 24.3 Å². The number of carbonyl (C=O) groups is 1. The molecule has 2 aromatic rings. The number of hydrogen-bond donors (Lipinski definition) is 1. The number of aromatic nitrogens is 2. The van der Waals surface area contributed by atoms with Crippen molar-refractivity contribution in [2.75, 3.05) is 6.61 Å². The zero-order valence-electron chi connectivity index (χ0n) is 15.3. The monoisotopic (exact) mass is 341 g/mol. The van der Waals surface area contributed by atoms with Crippen molar-refractivity contribution >= 4 is 5.91 Å². The molecule has 1 aliphatic rings. The minimum absolute atomic E-state index is 0.0628. The third-order valence-corrected chi connectivity index (χ3v) is 4.75. The fourth-order valence-corrected chi connectivity index (χ4v) is 3.28. The summed E-state index contributed by atoms with van der Waals surface area (Å²) in [4.78, 5) is 12.2. The Balaban J connectivity index is 1.60. The Morgan fingerprint density at radius 2 is 2.16 bits per heavy atom. The van der Waals surface area contributed by atoms with Gasteiger partial charge in [0.25, 0.3) is 0 Å². The predicted molar refractivity (Wildman–Crippen MR) is 97.3 cm³/mol. The van der Waals surface area contributed by atoms with Gasteiger partial charge in [0.05, 0.1) is 18.9 Å². The Kier molecular flexibility index (Phi) is 5.53. The summed E-state index contributed by atoms with van der Waals surface area (Å²) < 4.78 is 7.70. The van der Waals surface area contributed by atoms with E-state index in [1.54, 1.807) is 0 Å². The van der Waals surface area contributed by atoms with Gasteiger partial charge in [0.1, 0.15) is 0 Å². The van der Waals surface area contributed by atoms with Gasteiger partial charge in [-0.15, -0.1) is 0 Å². The van der Waals surface area contributed by atoms with Gasteiger partial charge < -0.3 is 10.1 Å². The highest BCUT2D eigenvalue weighted by atomic mass is 16.5. The number of aryl methyl sites for hydroxylation is 2. The van der Waals surface area contributed by atoms with Crippen LogP contribution in [0.1, 0.15) is 54.4 Å². The molecule has 0 saturated heterocycles. The van der Waals surface area contributed by atoms with E-state index in [9.17, 15) is 4.79 Å². The summed E-state index contributed by atoms with van der Waals surface area (Å²) in [7, 11) is 0. The van der Waals surface area contributed by atoms with Crippen LogP contribution in [-0.4, -0.2) is 22.3 Å². The second-order valence-corrected chi connectivity index (χ2v) is 6.92. The molecule has 1 aromatic heterocycles. The van der Waals surface area contributed by atoms with E-state index < -0.39 is 0 Å². The van der Waals surface area contributed by atoms with E-state index in [2.05, 4.69) is 36.8 Å². The van der Waals surface area contributed by atoms with Crippen molar-refractivity contribution in [3.05, 3.63) is 52.3 Å². The van der Waals surface area contributed by atoms with E-state index >= 15 is 0 Å².